The fourth-order valence-electron chi connectivity index (χ4n) is 3.95. The van der Waals surface area contributed by atoms with Crippen LogP contribution in [0.4, 0.5) is 0 Å². The zero-order chi connectivity index (χ0) is 21.3. The van der Waals surface area contributed by atoms with Crippen LogP contribution in [0.15, 0.2) is 65.7 Å². The summed E-state index contributed by atoms with van der Waals surface area (Å²) in [5.41, 5.74) is 2.84. The van der Waals surface area contributed by atoms with E-state index in [1.165, 1.54) is 27.7 Å². The van der Waals surface area contributed by atoms with E-state index < -0.39 is 16.0 Å². The van der Waals surface area contributed by atoms with E-state index in [0.717, 1.165) is 5.90 Å². The Kier molecular flexibility index (Phi) is 6.51. The third kappa shape index (κ3) is 4.43. The summed E-state index contributed by atoms with van der Waals surface area (Å²) >= 11 is 0. The molecule has 1 fully saturated rings. The lowest BCUT2D eigenvalue weighted by Crippen LogP contribution is -2.37. The van der Waals surface area contributed by atoms with Crippen molar-refractivity contribution >= 4 is 32.5 Å². The molecule has 0 aromatic heterocycles. The van der Waals surface area contributed by atoms with Crippen molar-refractivity contribution in [1.82, 2.24) is 0 Å². The predicted octanol–water partition coefficient (Wildman–Crippen LogP) is 5.55. The summed E-state index contributed by atoms with van der Waals surface area (Å²) in [5, 5.41) is 2.73. The van der Waals surface area contributed by atoms with Crippen LogP contribution in [0.3, 0.4) is 0 Å². The van der Waals surface area contributed by atoms with Gasteiger partial charge in [0.05, 0.1) is 20.0 Å². The van der Waals surface area contributed by atoms with Crippen molar-refractivity contribution in [1.29, 1.82) is 0 Å². The molecule has 2 aromatic rings. The molecule has 4 rings (SSSR count). The van der Waals surface area contributed by atoms with Gasteiger partial charge in [-0.25, -0.2) is 4.99 Å². The SMILES string of the molecule is CC(C)[C@H]1COC([C]2[C](P(c3ccccc3)c3ccccc3)[CH][CH][C]2[Si](C)(C)C)=N1. The molecular formula is C26H31NOPSi. The van der Waals surface area contributed by atoms with Gasteiger partial charge in [-0.05, 0) is 42.8 Å². The summed E-state index contributed by atoms with van der Waals surface area (Å²) in [6.45, 7) is 12.4. The first kappa shape index (κ1) is 21.8. The maximum atomic E-state index is 6.25. The van der Waals surface area contributed by atoms with Crippen LogP contribution in [0, 0.1) is 35.9 Å². The summed E-state index contributed by atoms with van der Waals surface area (Å²) in [7, 11) is -2.25. The van der Waals surface area contributed by atoms with Crippen LogP contribution in [0.1, 0.15) is 13.8 Å². The quantitative estimate of drug-likeness (QED) is 0.433. The van der Waals surface area contributed by atoms with E-state index in [2.05, 4.69) is 107 Å². The number of nitrogens with zero attached hydrogens (tertiary/aromatic N) is 1. The molecule has 0 saturated heterocycles. The Balaban J connectivity index is 1.78. The van der Waals surface area contributed by atoms with E-state index in [9.17, 15) is 0 Å². The number of hydrogen-bond donors (Lipinski definition) is 0. The highest BCUT2D eigenvalue weighted by Gasteiger charge is 2.52. The van der Waals surface area contributed by atoms with Crippen molar-refractivity contribution < 1.29 is 4.74 Å². The first-order valence-electron chi connectivity index (χ1n) is 10.8. The van der Waals surface area contributed by atoms with Gasteiger partial charge in [-0.15, -0.1) is 0 Å². The molecule has 30 heavy (non-hydrogen) atoms. The Morgan fingerprint density at radius 2 is 1.47 bits per heavy atom. The smallest absolute Gasteiger partial charge is 0.192 e. The van der Waals surface area contributed by atoms with Crippen LogP contribution in [-0.2, 0) is 4.74 Å². The highest BCUT2D eigenvalue weighted by atomic mass is 31.1. The normalized spacial score (nSPS) is 21.4. The molecule has 0 spiro atoms. The molecule has 2 nitrogen and oxygen atoms in total. The van der Waals surface area contributed by atoms with Crippen LogP contribution < -0.4 is 10.6 Å². The van der Waals surface area contributed by atoms with Crippen LogP contribution >= 0.6 is 7.92 Å². The maximum absolute atomic E-state index is 6.25. The Morgan fingerprint density at radius 1 is 0.900 bits per heavy atom. The van der Waals surface area contributed by atoms with E-state index in [0.29, 0.717) is 12.5 Å². The standard InChI is InChI=1S/C26H31NOPSi/c1-19(2)22-18-28-26(27-22)25-23(16-17-24(25)30(3,4)5)29(20-12-8-6-9-13-20)21-14-10-7-11-15-21/h6-17,19,22H,18H2,1-5H3/t22-/m1/s1. The summed E-state index contributed by atoms with van der Waals surface area (Å²) < 4.78 is 6.25. The zero-order valence-electron chi connectivity index (χ0n) is 18.6. The van der Waals surface area contributed by atoms with E-state index in [1.807, 2.05) is 0 Å². The molecule has 2 aromatic carbocycles. The van der Waals surface area contributed by atoms with Crippen LogP contribution in [0.25, 0.3) is 0 Å². The minimum absolute atomic E-state index is 0.247. The van der Waals surface area contributed by atoms with Crippen LogP contribution in [0.2, 0.25) is 19.6 Å². The lowest BCUT2D eigenvalue weighted by molar-refractivity contribution is 0.289. The Bertz CT molecular complexity index is 822. The molecule has 1 aliphatic heterocycles. The third-order valence-corrected chi connectivity index (χ3v) is 10.2. The van der Waals surface area contributed by atoms with Gasteiger partial charge in [-0.3, -0.25) is 0 Å². The molecule has 0 bridgehead atoms. The van der Waals surface area contributed by atoms with Gasteiger partial charge in [-0.2, -0.15) is 0 Å². The number of rotatable bonds is 6. The highest BCUT2D eigenvalue weighted by Crippen LogP contribution is 2.61. The van der Waals surface area contributed by atoms with Crippen molar-refractivity contribution in [3.05, 3.63) is 90.6 Å². The average molecular weight is 433 g/mol. The first-order chi connectivity index (χ1) is 14.4. The molecule has 1 atom stereocenters. The lowest BCUT2D eigenvalue weighted by Gasteiger charge is -2.34. The molecule has 0 N–H and O–H groups in total. The second-order valence-electron chi connectivity index (χ2n) is 9.32. The van der Waals surface area contributed by atoms with Crippen molar-refractivity contribution in [2.24, 2.45) is 10.9 Å². The molecule has 5 radical (unpaired) electrons. The average Bonchev–Trinajstić information content (AvgIpc) is 3.37. The molecule has 155 valence electrons. The number of ether oxygens (including phenoxy) is 1. The highest BCUT2D eigenvalue weighted by molar-refractivity contribution is 7.76. The van der Waals surface area contributed by atoms with Gasteiger partial charge in [0.1, 0.15) is 6.61 Å². The van der Waals surface area contributed by atoms with E-state index in [1.54, 1.807) is 0 Å². The Labute approximate surface area is 184 Å². The Morgan fingerprint density at radius 3 is 1.93 bits per heavy atom. The van der Waals surface area contributed by atoms with E-state index in [-0.39, 0.29) is 6.04 Å². The predicted molar refractivity (Wildman–Crippen MR) is 133 cm³/mol. The van der Waals surface area contributed by atoms with Gasteiger partial charge < -0.3 is 4.74 Å². The van der Waals surface area contributed by atoms with Crippen molar-refractivity contribution in [2.45, 2.75) is 39.5 Å². The van der Waals surface area contributed by atoms with Gasteiger partial charge in [0.15, 0.2) is 5.90 Å². The lowest BCUT2D eigenvalue weighted by atomic mass is 10.1. The van der Waals surface area contributed by atoms with E-state index >= 15 is 0 Å². The minimum atomic E-state index is -1.57. The maximum Gasteiger partial charge on any atom is 0.192 e. The van der Waals surface area contributed by atoms with Crippen LogP contribution in [-0.4, -0.2) is 26.6 Å². The van der Waals surface area contributed by atoms with Gasteiger partial charge in [0, 0.05) is 5.66 Å². The summed E-state index contributed by atoms with van der Waals surface area (Å²) in [4.78, 5) is 5.06. The Hall–Kier alpha value is -1.44. The second-order valence-corrected chi connectivity index (χ2v) is 16.5. The molecule has 1 heterocycles. The van der Waals surface area contributed by atoms with Gasteiger partial charge in [0.2, 0.25) is 0 Å². The van der Waals surface area contributed by atoms with Crippen molar-refractivity contribution in [3.63, 3.8) is 0 Å². The number of aliphatic imine (C=N–C) groups is 1. The molecule has 2 aliphatic rings. The fourth-order valence-corrected chi connectivity index (χ4v) is 8.09. The molecule has 1 aliphatic carbocycles. The minimum Gasteiger partial charge on any atom is -0.478 e. The number of benzene rings is 2. The molecule has 4 heteroatoms. The summed E-state index contributed by atoms with van der Waals surface area (Å²) in [6.07, 6.45) is 4.70. The molecular weight excluding hydrogens is 401 g/mol. The monoisotopic (exact) mass is 432 g/mol. The van der Waals surface area contributed by atoms with Crippen molar-refractivity contribution in [3.8, 4) is 0 Å². The third-order valence-electron chi connectivity index (χ3n) is 5.67. The summed E-state index contributed by atoms with van der Waals surface area (Å²) in [6, 6.07) is 22.1. The summed E-state index contributed by atoms with van der Waals surface area (Å²) in [5.74, 6) is 2.63. The fraction of sp³-hybridized carbons (Fsp3) is 0.308. The number of hydrogen-bond acceptors (Lipinski definition) is 2. The van der Waals surface area contributed by atoms with Gasteiger partial charge in [-0.1, -0.05) is 94.2 Å². The first-order valence-corrected chi connectivity index (χ1v) is 15.6. The van der Waals surface area contributed by atoms with Gasteiger partial charge in [0.25, 0.3) is 0 Å². The molecule has 0 amide bonds. The topological polar surface area (TPSA) is 21.6 Å². The van der Waals surface area contributed by atoms with Gasteiger partial charge >= 0.3 is 0 Å². The second kappa shape index (κ2) is 8.97. The van der Waals surface area contributed by atoms with Crippen molar-refractivity contribution in [2.75, 3.05) is 6.61 Å². The van der Waals surface area contributed by atoms with Crippen LogP contribution in [0.5, 0.6) is 0 Å². The molecule has 1 saturated carbocycles. The van der Waals surface area contributed by atoms with E-state index in [4.69, 9.17) is 9.73 Å². The molecule has 0 unspecified atom stereocenters. The zero-order valence-corrected chi connectivity index (χ0v) is 20.5. The largest absolute Gasteiger partial charge is 0.478 e.